The number of hydrogen-bond acceptors (Lipinski definition) is 5. The predicted octanol–water partition coefficient (Wildman–Crippen LogP) is 1.49. The number of methoxy groups -OCH3 is 2. The quantitative estimate of drug-likeness (QED) is 0.571. The van der Waals surface area contributed by atoms with Crippen LogP contribution in [0.5, 0.6) is 5.75 Å². The van der Waals surface area contributed by atoms with E-state index >= 15 is 0 Å². The van der Waals surface area contributed by atoms with Crippen molar-refractivity contribution >= 4 is 5.97 Å². The van der Waals surface area contributed by atoms with Gasteiger partial charge in [-0.3, -0.25) is 4.79 Å². The molecule has 0 aromatic heterocycles. The normalized spacial score (nSPS) is 11.9. The molecule has 0 spiro atoms. The molecular formula is C14H21NO4. The average Bonchev–Trinajstić information content (AvgIpc) is 2.45. The highest BCUT2D eigenvalue weighted by atomic mass is 16.5. The topological polar surface area (TPSA) is 70.8 Å². The van der Waals surface area contributed by atoms with Crippen LogP contribution in [0.15, 0.2) is 24.3 Å². The van der Waals surface area contributed by atoms with Gasteiger partial charge in [-0.25, -0.2) is 0 Å². The largest absolute Gasteiger partial charge is 0.497 e. The fourth-order valence-corrected chi connectivity index (χ4v) is 1.55. The highest BCUT2D eigenvalue weighted by Gasteiger charge is 2.14. The summed E-state index contributed by atoms with van der Waals surface area (Å²) in [5.41, 5.74) is 6.62. The zero-order chi connectivity index (χ0) is 14.1. The third kappa shape index (κ3) is 5.72. The monoisotopic (exact) mass is 267 g/mol. The van der Waals surface area contributed by atoms with Gasteiger partial charge in [-0.15, -0.1) is 0 Å². The van der Waals surface area contributed by atoms with Crippen LogP contribution in [-0.2, 0) is 20.9 Å². The fraction of sp³-hybridized carbons (Fsp3) is 0.500. The van der Waals surface area contributed by atoms with Crippen molar-refractivity contribution in [2.24, 2.45) is 5.73 Å². The number of nitrogens with two attached hydrogens (primary N) is 1. The molecule has 1 aromatic rings. The van der Waals surface area contributed by atoms with E-state index in [-0.39, 0.29) is 12.6 Å². The fourth-order valence-electron chi connectivity index (χ4n) is 1.55. The van der Waals surface area contributed by atoms with Crippen LogP contribution in [0.3, 0.4) is 0 Å². The molecule has 0 radical (unpaired) electrons. The van der Waals surface area contributed by atoms with Crippen LogP contribution < -0.4 is 10.5 Å². The maximum Gasteiger partial charge on any atom is 0.323 e. The van der Waals surface area contributed by atoms with Gasteiger partial charge in [0, 0.05) is 13.7 Å². The highest BCUT2D eigenvalue weighted by molar-refractivity contribution is 5.75. The molecule has 0 amide bonds. The van der Waals surface area contributed by atoms with Crippen molar-refractivity contribution in [1.82, 2.24) is 0 Å². The summed E-state index contributed by atoms with van der Waals surface area (Å²) in [5.74, 6) is 0.387. The molecule has 0 saturated heterocycles. The lowest BCUT2D eigenvalue weighted by molar-refractivity contribution is -0.146. The molecule has 1 atom stereocenters. The maximum atomic E-state index is 11.6. The predicted molar refractivity (Wildman–Crippen MR) is 71.9 cm³/mol. The van der Waals surface area contributed by atoms with Gasteiger partial charge in [0.1, 0.15) is 18.4 Å². The second kappa shape index (κ2) is 8.50. The van der Waals surface area contributed by atoms with Crippen molar-refractivity contribution in [3.63, 3.8) is 0 Å². The molecule has 0 aliphatic heterocycles. The molecule has 1 rings (SSSR count). The van der Waals surface area contributed by atoms with Crippen molar-refractivity contribution < 1.29 is 19.0 Å². The second-order valence-electron chi connectivity index (χ2n) is 4.20. The third-order valence-electron chi connectivity index (χ3n) is 2.71. The van der Waals surface area contributed by atoms with E-state index in [0.29, 0.717) is 13.0 Å². The van der Waals surface area contributed by atoms with Gasteiger partial charge in [0.05, 0.1) is 7.11 Å². The summed E-state index contributed by atoms with van der Waals surface area (Å²) in [6.45, 7) is 0.820. The summed E-state index contributed by atoms with van der Waals surface area (Å²) < 4.78 is 15.1. The summed E-state index contributed by atoms with van der Waals surface area (Å²) in [5, 5.41) is 0. The smallest absolute Gasteiger partial charge is 0.323 e. The Morgan fingerprint density at radius 1 is 1.26 bits per heavy atom. The molecular weight excluding hydrogens is 246 g/mol. The molecule has 5 heteroatoms. The highest BCUT2D eigenvalue weighted by Crippen LogP contribution is 2.12. The van der Waals surface area contributed by atoms with Gasteiger partial charge >= 0.3 is 5.97 Å². The van der Waals surface area contributed by atoms with E-state index in [2.05, 4.69) is 0 Å². The van der Waals surface area contributed by atoms with E-state index in [1.807, 2.05) is 24.3 Å². The van der Waals surface area contributed by atoms with Gasteiger partial charge in [-0.2, -0.15) is 0 Å². The Kier molecular flexibility index (Phi) is 6.92. The number of carbonyl (C=O) groups is 1. The average molecular weight is 267 g/mol. The van der Waals surface area contributed by atoms with Crippen molar-refractivity contribution in [3.8, 4) is 5.75 Å². The number of hydrogen-bond donors (Lipinski definition) is 1. The minimum atomic E-state index is -0.589. The number of ether oxygens (including phenoxy) is 3. The van der Waals surface area contributed by atoms with E-state index in [1.54, 1.807) is 14.2 Å². The first-order valence-corrected chi connectivity index (χ1v) is 6.21. The molecule has 2 N–H and O–H groups in total. The lowest BCUT2D eigenvalue weighted by atomic mass is 10.2. The number of benzene rings is 1. The summed E-state index contributed by atoms with van der Waals surface area (Å²) in [6.07, 6.45) is 1.31. The van der Waals surface area contributed by atoms with Crippen LogP contribution in [0.2, 0.25) is 0 Å². The first-order valence-electron chi connectivity index (χ1n) is 6.21. The number of rotatable bonds is 8. The van der Waals surface area contributed by atoms with Gasteiger partial charge in [0.25, 0.3) is 0 Å². The SMILES string of the molecule is COCCCC(N)C(=O)OCc1ccc(OC)cc1. The molecule has 5 nitrogen and oxygen atoms in total. The molecule has 0 fully saturated rings. The Morgan fingerprint density at radius 3 is 2.53 bits per heavy atom. The van der Waals surface area contributed by atoms with Crippen LogP contribution >= 0.6 is 0 Å². The Labute approximate surface area is 113 Å². The van der Waals surface area contributed by atoms with Gasteiger partial charge < -0.3 is 19.9 Å². The van der Waals surface area contributed by atoms with Crippen LogP contribution in [0.1, 0.15) is 18.4 Å². The Bertz CT molecular complexity index is 378. The Hall–Kier alpha value is -1.59. The first kappa shape index (κ1) is 15.5. The maximum absolute atomic E-state index is 11.6. The zero-order valence-electron chi connectivity index (χ0n) is 11.4. The van der Waals surface area contributed by atoms with Gasteiger partial charge in [-0.05, 0) is 30.5 Å². The van der Waals surface area contributed by atoms with Crippen LogP contribution in [-0.4, -0.2) is 32.8 Å². The van der Waals surface area contributed by atoms with Crippen molar-refractivity contribution in [3.05, 3.63) is 29.8 Å². The second-order valence-corrected chi connectivity index (χ2v) is 4.20. The lowest BCUT2D eigenvalue weighted by Crippen LogP contribution is -2.32. The molecule has 0 aliphatic rings. The lowest BCUT2D eigenvalue weighted by Gasteiger charge is -2.11. The van der Waals surface area contributed by atoms with Gasteiger partial charge in [0.2, 0.25) is 0 Å². The summed E-state index contributed by atoms with van der Waals surface area (Å²) in [4.78, 5) is 11.6. The number of esters is 1. The van der Waals surface area contributed by atoms with Crippen molar-refractivity contribution in [2.75, 3.05) is 20.8 Å². The molecule has 106 valence electrons. The minimum Gasteiger partial charge on any atom is -0.497 e. The van der Waals surface area contributed by atoms with E-state index in [1.165, 1.54) is 0 Å². The Balaban J connectivity index is 2.32. The zero-order valence-corrected chi connectivity index (χ0v) is 11.4. The first-order chi connectivity index (χ1) is 9.17. The van der Waals surface area contributed by atoms with Crippen LogP contribution in [0.4, 0.5) is 0 Å². The molecule has 1 aromatic carbocycles. The van der Waals surface area contributed by atoms with Crippen molar-refractivity contribution in [2.45, 2.75) is 25.5 Å². The molecule has 0 bridgehead atoms. The summed E-state index contributed by atoms with van der Waals surface area (Å²) >= 11 is 0. The molecule has 19 heavy (non-hydrogen) atoms. The van der Waals surface area contributed by atoms with E-state index < -0.39 is 6.04 Å². The summed E-state index contributed by atoms with van der Waals surface area (Å²) in [7, 11) is 3.22. The summed E-state index contributed by atoms with van der Waals surface area (Å²) in [6, 6.07) is 6.75. The van der Waals surface area contributed by atoms with Gasteiger partial charge in [-0.1, -0.05) is 12.1 Å². The van der Waals surface area contributed by atoms with Gasteiger partial charge in [0.15, 0.2) is 0 Å². The molecule has 0 saturated carbocycles. The Morgan fingerprint density at radius 2 is 1.95 bits per heavy atom. The van der Waals surface area contributed by atoms with E-state index in [4.69, 9.17) is 19.9 Å². The van der Waals surface area contributed by atoms with E-state index in [9.17, 15) is 4.79 Å². The van der Waals surface area contributed by atoms with Crippen LogP contribution in [0, 0.1) is 0 Å². The molecule has 1 unspecified atom stereocenters. The molecule has 0 heterocycles. The number of carbonyl (C=O) groups excluding carboxylic acids is 1. The molecule has 0 aliphatic carbocycles. The standard InChI is InChI=1S/C14H21NO4/c1-17-9-3-4-13(15)14(16)19-10-11-5-7-12(18-2)8-6-11/h5-8,13H,3-4,9-10,15H2,1-2H3. The van der Waals surface area contributed by atoms with Crippen LogP contribution in [0.25, 0.3) is 0 Å². The van der Waals surface area contributed by atoms with Crippen molar-refractivity contribution in [1.29, 1.82) is 0 Å². The van der Waals surface area contributed by atoms with E-state index in [0.717, 1.165) is 17.7 Å². The third-order valence-corrected chi connectivity index (χ3v) is 2.71. The minimum absolute atomic E-state index is 0.223.